The van der Waals surface area contributed by atoms with Gasteiger partial charge in [0.25, 0.3) is 0 Å². The summed E-state index contributed by atoms with van der Waals surface area (Å²) >= 11 is 0. The van der Waals surface area contributed by atoms with Crippen molar-refractivity contribution < 1.29 is 14.6 Å². The number of imidazole rings is 1. The molecular weight excluding hydrogens is 536 g/mol. The van der Waals surface area contributed by atoms with E-state index in [4.69, 9.17) is 10.5 Å². The van der Waals surface area contributed by atoms with Crippen molar-refractivity contribution in [1.29, 1.82) is 0 Å². The van der Waals surface area contributed by atoms with E-state index in [-0.39, 0.29) is 23.9 Å². The monoisotopic (exact) mass is 582 g/mol. The maximum atomic E-state index is 12.7. The average Bonchev–Trinajstić information content (AvgIpc) is 3.27. The Balaban J connectivity index is 1.37. The van der Waals surface area contributed by atoms with Gasteiger partial charge in [-0.15, -0.1) is 0 Å². The lowest BCUT2D eigenvalue weighted by molar-refractivity contribution is -0.136. The van der Waals surface area contributed by atoms with Gasteiger partial charge in [-0.3, -0.25) is 14.3 Å². The number of aryl methyl sites for hydroxylation is 1. The van der Waals surface area contributed by atoms with Crippen molar-refractivity contribution in [2.75, 3.05) is 65.2 Å². The second-order valence-corrected chi connectivity index (χ2v) is 11.2. The first kappa shape index (κ1) is 31.5. The van der Waals surface area contributed by atoms with Crippen molar-refractivity contribution in [3.05, 3.63) is 45.9 Å². The van der Waals surface area contributed by atoms with Gasteiger partial charge in [-0.05, 0) is 63.5 Å². The van der Waals surface area contributed by atoms with Crippen LogP contribution in [0.1, 0.15) is 50.2 Å². The lowest BCUT2D eigenvalue weighted by atomic mass is 10.1. The maximum Gasteiger partial charge on any atom is 0.327 e. The lowest BCUT2D eigenvalue weighted by Gasteiger charge is -2.33. The number of hydrogen-bond acceptors (Lipinski definition) is 9. The number of benzene rings is 1. The summed E-state index contributed by atoms with van der Waals surface area (Å²) in [6, 6.07) is 8.06. The van der Waals surface area contributed by atoms with Crippen LogP contribution in [0, 0.1) is 0 Å². The summed E-state index contributed by atoms with van der Waals surface area (Å²) in [6.45, 7) is 11.1. The highest BCUT2D eigenvalue weighted by Crippen LogP contribution is 2.18. The number of nitrogen functional groups attached to an aromatic ring is 1. The number of aromatic nitrogens is 4. The number of rotatable bonds is 17. The van der Waals surface area contributed by atoms with Crippen LogP contribution in [-0.2, 0) is 24.3 Å². The van der Waals surface area contributed by atoms with Crippen LogP contribution in [0.3, 0.4) is 0 Å². The summed E-state index contributed by atoms with van der Waals surface area (Å²) in [6.07, 6.45) is 4.65. The summed E-state index contributed by atoms with van der Waals surface area (Å²) in [5.41, 5.74) is 8.68. The average molecular weight is 583 g/mol. The van der Waals surface area contributed by atoms with Crippen LogP contribution >= 0.6 is 0 Å². The zero-order valence-corrected chi connectivity index (χ0v) is 25.1. The maximum absolute atomic E-state index is 12.7. The number of anilines is 1. The fourth-order valence-electron chi connectivity index (χ4n) is 5.35. The van der Waals surface area contributed by atoms with Crippen molar-refractivity contribution in [3.8, 4) is 6.01 Å². The predicted octanol–water partition coefficient (Wildman–Crippen LogP) is 2.43. The molecule has 0 unspecified atom stereocenters. The van der Waals surface area contributed by atoms with E-state index in [1.54, 1.807) is 4.57 Å². The molecule has 1 aliphatic heterocycles. The molecule has 1 aromatic carbocycles. The Morgan fingerprint density at radius 1 is 1.07 bits per heavy atom. The molecule has 2 aromatic heterocycles. The number of hydrogen-bond donors (Lipinski definition) is 3. The number of ether oxygens (including phenoxy) is 1. The molecule has 42 heavy (non-hydrogen) atoms. The van der Waals surface area contributed by atoms with Crippen LogP contribution < -0.4 is 16.2 Å². The summed E-state index contributed by atoms with van der Waals surface area (Å²) in [5.74, 6) is -0.616. The highest BCUT2D eigenvalue weighted by Gasteiger charge is 2.16. The number of aliphatic carboxylic acids is 1. The number of likely N-dealkylation sites (N-methyl/N-ethyl adjacent to an activating group) is 1. The fourth-order valence-corrected chi connectivity index (χ4v) is 5.35. The molecule has 0 radical (unpaired) electrons. The van der Waals surface area contributed by atoms with Gasteiger partial charge < -0.3 is 30.4 Å². The molecule has 0 atom stereocenters. The Morgan fingerprint density at radius 2 is 1.83 bits per heavy atom. The summed E-state index contributed by atoms with van der Waals surface area (Å²) in [4.78, 5) is 42.8. The molecule has 12 heteroatoms. The second-order valence-electron chi connectivity index (χ2n) is 11.2. The molecule has 1 fully saturated rings. The molecule has 1 saturated heterocycles. The van der Waals surface area contributed by atoms with Gasteiger partial charge in [0.05, 0.1) is 13.0 Å². The number of nitrogens with one attached hydrogen (secondary N) is 1. The zero-order chi connectivity index (χ0) is 29.9. The van der Waals surface area contributed by atoms with Crippen LogP contribution in [0.5, 0.6) is 6.01 Å². The first-order valence-corrected chi connectivity index (χ1v) is 15.1. The second kappa shape index (κ2) is 15.7. The number of carboxylic acids is 1. The number of nitrogens with two attached hydrogens (primary N) is 1. The van der Waals surface area contributed by atoms with Gasteiger partial charge >= 0.3 is 17.7 Å². The van der Waals surface area contributed by atoms with Gasteiger partial charge in [0.2, 0.25) is 0 Å². The van der Waals surface area contributed by atoms with E-state index in [0.29, 0.717) is 24.3 Å². The van der Waals surface area contributed by atoms with Gasteiger partial charge in [0.1, 0.15) is 5.52 Å². The quantitative estimate of drug-likeness (QED) is 0.203. The third-order valence-corrected chi connectivity index (χ3v) is 7.76. The molecule has 0 amide bonds. The molecule has 12 nitrogen and oxygen atoms in total. The number of piperazine rings is 1. The van der Waals surface area contributed by atoms with E-state index in [9.17, 15) is 14.7 Å². The van der Waals surface area contributed by atoms with Crippen molar-refractivity contribution in [2.24, 2.45) is 0 Å². The van der Waals surface area contributed by atoms with Gasteiger partial charge in [-0.2, -0.15) is 9.97 Å². The highest BCUT2D eigenvalue weighted by atomic mass is 16.5. The molecule has 0 spiro atoms. The standard InChI is InChI=1S/C30H46N8O4/c1-3-4-19-42-29-33-27(31)26-28(34-29)38(30(41)32-26)14-6-5-11-37(13-8-12-36-17-15-35(2)16-18-36)22-24-10-7-9-23(20-24)21-25(39)40/h7,9-10,20H,3-6,8,11-19,21-22H2,1-2H3,(H,32,41)(H,39,40)(H2,31,33,34). The number of carboxylic acid groups (broad SMARTS) is 1. The largest absolute Gasteiger partial charge is 0.481 e. The van der Waals surface area contributed by atoms with E-state index in [1.165, 1.54) is 0 Å². The van der Waals surface area contributed by atoms with Crippen molar-refractivity contribution in [3.63, 3.8) is 0 Å². The van der Waals surface area contributed by atoms with E-state index in [1.807, 2.05) is 18.2 Å². The molecule has 1 aliphatic rings. The first-order valence-electron chi connectivity index (χ1n) is 15.1. The number of aromatic amines is 1. The molecule has 0 bridgehead atoms. The van der Waals surface area contributed by atoms with E-state index < -0.39 is 5.97 Å². The van der Waals surface area contributed by atoms with Crippen LogP contribution in [0.15, 0.2) is 29.1 Å². The van der Waals surface area contributed by atoms with Crippen LogP contribution in [0.25, 0.3) is 11.2 Å². The Bertz CT molecular complexity index is 1350. The van der Waals surface area contributed by atoms with Crippen molar-refractivity contribution in [1.82, 2.24) is 34.2 Å². The van der Waals surface area contributed by atoms with E-state index >= 15 is 0 Å². The minimum Gasteiger partial charge on any atom is -0.481 e. The SMILES string of the molecule is CCCCOc1nc(N)c2[nH]c(=O)n(CCCCN(CCCN3CCN(C)CC3)Cc3cccc(CC(=O)O)c3)c2n1. The third kappa shape index (κ3) is 9.27. The molecule has 4 N–H and O–H groups in total. The van der Waals surface area contributed by atoms with Crippen LogP contribution in [0.2, 0.25) is 0 Å². The Hall–Kier alpha value is -3.48. The Kier molecular flexibility index (Phi) is 11.7. The molecule has 230 valence electrons. The van der Waals surface area contributed by atoms with Crippen LogP contribution in [-0.4, -0.2) is 105 Å². The third-order valence-electron chi connectivity index (χ3n) is 7.76. The molecule has 3 heterocycles. The number of carbonyl (C=O) groups is 1. The van der Waals surface area contributed by atoms with E-state index in [0.717, 1.165) is 95.6 Å². The fraction of sp³-hybridized carbons (Fsp3) is 0.600. The molecule has 4 rings (SSSR count). The number of nitrogens with zero attached hydrogens (tertiary/aromatic N) is 6. The van der Waals surface area contributed by atoms with Crippen molar-refractivity contribution >= 4 is 23.0 Å². The number of H-pyrrole nitrogens is 1. The summed E-state index contributed by atoms with van der Waals surface area (Å²) in [7, 11) is 2.17. The molecule has 0 aliphatic carbocycles. The molecular formula is C30H46N8O4. The molecule has 0 saturated carbocycles. The van der Waals surface area contributed by atoms with Crippen LogP contribution in [0.4, 0.5) is 5.82 Å². The van der Waals surface area contributed by atoms with Gasteiger partial charge in [0.15, 0.2) is 11.5 Å². The zero-order valence-electron chi connectivity index (χ0n) is 25.1. The normalized spacial score (nSPS) is 14.6. The van der Waals surface area contributed by atoms with Gasteiger partial charge in [-0.1, -0.05) is 37.6 Å². The number of unbranched alkanes of at least 4 members (excludes halogenated alkanes) is 2. The van der Waals surface area contributed by atoms with Crippen molar-refractivity contribution in [2.45, 2.75) is 58.5 Å². The highest BCUT2D eigenvalue weighted by molar-refractivity contribution is 5.81. The Labute approximate surface area is 247 Å². The first-order chi connectivity index (χ1) is 20.3. The predicted molar refractivity (Wildman–Crippen MR) is 164 cm³/mol. The summed E-state index contributed by atoms with van der Waals surface area (Å²) < 4.78 is 7.27. The lowest BCUT2D eigenvalue weighted by Crippen LogP contribution is -2.45. The Morgan fingerprint density at radius 3 is 2.60 bits per heavy atom. The van der Waals surface area contributed by atoms with Gasteiger partial charge in [0, 0.05) is 39.3 Å². The topological polar surface area (TPSA) is 146 Å². The summed E-state index contributed by atoms with van der Waals surface area (Å²) in [5, 5.41) is 9.22. The smallest absolute Gasteiger partial charge is 0.327 e. The van der Waals surface area contributed by atoms with Gasteiger partial charge in [-0.25, -0.2) is 4.79 Å². The minimum atomic E-state index is -0.824. The minimum absolute atomic E-state index is 0.0239. The number of fused-ring (bicyclic) bond motifs is 1. The molecule has 3 aromatic rings. The van der Waals surface area contributed by atoms with E-state index in [2.05, 4.69) is 49.7 Å².